The molecule has 152 valence electrons. The van der Waals surface area contributed by atoms with Crippen LogP contribution in [0.25, 0.3) is 0 Å². The van der Waals surface area contributed by atoms with Gasteiger partial charge in [-0.3, -0.25) is 0 Å². The fourth-order valence-corrected chi connectivity index (χ4v) is 4.06. The van der Waals surface area contributed by atoms with E-state index < -0.39 is 0 Å². The Morgan fingerprint density at radius 3 is 2.93 bits per heavy atom. The largest absolute Gasteiger partial charge is 0.463 e. The molecule has 7 nitrogen and oxygen atoms in total. The van der Waals surface area contributed by atoms with E-state index in [0.717, 1.165) is 43.5 Å². The van der Waals surface area contributed by atoms with Crippen LogP contribution in [0.3, 0.4) is 0 Å². The topological polar surface area (TPSA) is 79.5 Å². The van der Waals surface area contributed by atoms with Gasteiger partial charge < -0.3 is 25.6 Å². The van der Waals surface area contributed by atoms with Crippen LogP contribution < -0.4 is 20.7 Å². The van der Waals surface area contributed by atoms with Gasteiger partial charge >= 0.3 is 6.01 Å². The van der Waals surface area contributed by atoms with Crippen molar-refractivity contribution in [3.05, 3.63) is 0 Å². The first-order valence-corrected chi connectivity index (χ1v) is 10.7. The first-order chi connectivity index (χ1) is 13.2. The highest BCUT2D eigenvalue weighted by Crippen LogP contribution is 2.35. The molecule has 0 saturated carbocycles. The highest BCUT2D eigenvalue weighted by molar-refractivity contribution is 5.80. The zero-order valence-corrected chi connectivity index (χ0v) is 17.0. The van der Waals surface area contributed by atoms with E-state index >= 15 is 0 Å². The number of nitrogens with two attached hydrogens (primary N) is 1. The summed E-state index contributed by atoms with van der Waals surface area (Å²) in [5.41, 5.74) is 6.94. The monoisotopic (exact) mass is 376 g/mol. The van der Waals surface area contributed by atoms with Gasteiger partial charge in [0.2, 0.25) is 0 Å². The molecule has 27 heavy (non-hydrogen) atoms. The summed E-state index contributed by atoms with van der Waals surface area (Å²) in [6.07, 6.45) is 8.63. The van der Waals surface area contributed by atoms with Gasteiger partial charge in [-0.2, -0.15) is 9.97 Å². The van der Waals surface area contributed by atoms with E-state index in [0.29, 0.717) is 18.4 Å². The van der Waals surface area contributed by atoms with Crippen molar-refractivity contribution in [2.24, 2.45) is 5.92 Å². The smallest absolute Gasteiger partial charge is 0.320 e. The second-order valence-electron chi connectivity index (χ2n) is 7.79. The third-order valence-corrected chi connectivity index (χ3v) is 5.71. The fourth-order valence-electron chi connectivity index (χ4n) is 4.06. The first-order valence-electron chi connectivity index (χ1n) is 10.7. The van der Waals surface area contributed by atoms with Gasteiger partial charge in [0.05, 0.1) is 13.3 Å². The summed E-state index contributed by atoms with van der Waals surface area (Å²) >= 11 is 0. The predicted molar refractivity (Wildman–Crippen MR) is 111 cm³/mol. The lowest BCUT2D eigenvalue weighted by Gasteiger charge is -2.32. The summed E-state index contributed by atoms with van der Waals surface area (Å²) in [5.74, 6) is 2.25. The molecule has 0 bridgehead atoms. The minimum atomic E-state index is 0.398. The number of aromatic nitrogens is 2. The van der Waals surface area contributed by atoms with Crippen molar-refractivity contribution < 1.29 is 4.74 Å². The van der Waals surface area contributed by atoms with Crippen LogP contribution in [-0.4, -0.2) is 54.3 Å². The molecule has 3 N–H and O–H groups in total. The summed E-state index contributed by atoms with van der Waals surface area (Å²) < 4.78 is 5.67. The van der Waals surface area contributed by atoms with Gasteiger partial charge in [0.15, 0.2) is 11.6 Å². The molecule has 0 aliphatic carbocycles. The Hall–Kier alpha value is -1.76. The molecular weight excluding hydrogens is 340 g/mol. The maximum atomic E-state index is 6.09. The average molecular weight is 377 g/mol. The summed E-state index contributed by atoms with van der Waals surface area (Å²) in [6, 6.07) is 0.398. The third-order valence-electron chi connectivity index (χ3n) is 5.71. The van der Waals surface area contributed by atoms with Crippen LogP contribution in [0.4, 0.5) is 17.3 Å². The number of nitrogens with zero attached hydrogens (tertiary/aromatic N) is 4. The highest BCUT2D eigenvalue weighted by atomic mass is 16.5. The number of anilines is 3. The molecule has 3 rings (SSSR count). The minimum Gasteiger partial charge on any atom is -0.463 e. The maximum absolute atomic E-state index is 6.09. The van der Waals surface area contributed by atoms with Crippen LogP contribution in [0.15, 0.2) is 0 Å². The number of rotatable bonds is 10. The SMILES string of the molecule is CCCCOc1nc(N)c2c(n1)N(CCCCC1CCCN(CC)C1)CN2. The Balaban J connectivity index is 1.47. The number of ether oxygens (including phenoxy) is 1. The summed E-state index contributed by atoms with van der Waals surface area (Å²) in [5, 5.41) is 3.33. The van der Waals surface area contributed by atoms with E-state index in [-0.39, 0.29) is 0 Å². The molecule has 2 aliphatic heterocycles. The molecule has 0 spiro atoms. The number of nitrogens with one attached hydrogen (secondary N) is 1. The Kier molecular flexibility index (Phi) is 7.38. The maximum Gasteiger partial charge on any atom is 0.320 e. The van der Waals surface area contributed by atoms with Crippen molar-refractivity contribution >= 4 is 17.3 Å². The minimum absolute atomic E-state index is 0.398. The zero-order chi connectivity index (χ0) is 19.1. The summed E-state index contributed by atoms with van der Waals surface area (Å²) in [7, 11) is 0. The number of fused-ring (bicyclic) bond motifs is 1. The van der Waals surface area contributed by atoms with Crippen LogP contribution in [0.5, 0.6) is 6.01 Å². The molecular formula is C20H36N6O. The molecule has 1 unspecified atom stereocenters. The molecule has 2 aliphatic rings. The number of likely N-dealkylation sites (tertiary alicyclic amines) is 1. The van der Waals surface area contributed by atoms with E-state index in [1.165, 1.54) is 51.7 Å². The van der Waals surface area contributed by atoms with Crippen LogP contribution in [0, 0.1) is 5.92 Å². The van der Waals surface area contributed by atoms with Crippen molar-refractivity contribution in [2.45, 2.75) is 58.8 Å². The standard InChI is InChI=1S/C20H36N6O/c1-3-5-13-27-20-23-18(21)17-19(24-20)26(15-22-17)12-7-6-9-16-10-8-11-25(4-2)14-16/h16,22H,3-15H2,1-2H3,(H2,21,23,24). The van der Waals surface area contributed by atoms with Gasteiger partial charge in [-0.05, 0) is 51.1 Å². The second kappa shape index (κ2) is 9.97. The Bertz CT molecular complexity index is 596. The quantitative estimate of drug-likeness (QED) is 0.606. The molecule has 1 aromatic heterocycles. The Morgan fingerprint density at radius 1 is 1.22 bits per heavy atom. The lowest BCUT2D eigenvalue weighted by molar-refractivity contribution is 0.174. The lowest BCUT2D eigenvalue weighted by atomic mass is 9.93. The molecule has 1 fully saturated rings. The van der Waals surface area contributed by atoms with Gasteiger partial charge in [0.1, 0.15) is 5.69 Å². The van der Waals surface area contributed by atoms with Crippen LogP contribution in [0.2, 0.25) is 0 Å². The summed E-state index contributed by atoms with van der Waals surface area (Å²) in [6.45, 7) is 10.6. The normalized spacial score (nSPS) is 19.8. The fraction of sp³-hybridized carbons (Fsp3) is 0.800. The van der Waals surface area contributed by atoms with Gasteiger partial charge in [-0.25, -0.2) is 0 Å². The van der Waals surface area contributed by atoms with E-state index in [4.69, 9.17) is 10.5 Å². The van der Waals surface area contributed by atoms with Crippen LogP contribution >= 0.6 is 0 Å². The molecule has 1 aromatic rings. The van der Waals surface area contributed by atoms with E-state index in [1.54, 1.807) is 0 Å². The zero-order valence-electron chi connectivity index (χ0n) is 17.0. The van der Waals surface area contributed by atoms with Gasteiger partial charge in [-0.1, -0.05) is 26.7 Å². The third kappa shape index (κ3) is 5.37. The molecule has 1 atom stereocenters. The Morgan fingerprint density at radius 2 is 2.11 bits per heavy atom. The molecule has 0 amide bonds. The predicted octanol–water partition coefficient (Wildman–Crippen LogP) is 3.33. The molecule has 1 saturated heterocycles. The van der Waals surface area contributed by atoms with E-state index in [9.17, 15) is 0 Å². The van der Waals surface area contributed by atoms with Gasteiger partial charge in [0.25, 0.3) is 0 Å². The van der Waals surface area contributed by atoms with Crippen molar-refractivity contribution in [3.8, 4) is 6.01 Å². The van der Waals surface area contributed by atoms with E-state index in [1.807, 2.05) is 0 Å². The van der Waals surface area contributed by atoms with Gasteiger partial charge in [0, 0.05) is 13.1 Å². The number of hydrogen-bond donors (Lipinski definition) is 2. The van der Waals surface area contributed by atoms with Crippen molar-refractivity contribution in [1.82, 2.24) is 14.9 Å². The second-order valence-corrected chi connectivity index (χ2v) is 7.79. The van der Waals surface area contributed by atoms with Gasteiger partial charge in [-0.15, -0.1) is 0 Å². The Labute approximate surface area is 163 Å². The number of hydrogen-bond acceptors (Lipinski definition) is 7. The van der Waals surface area contributed by atoms with Crippen molar-refractivity contribution in [3.63, 3.8) is 0 Å². The lowest BCUT2D eigenvalue weighted by Crippen LogP contribution is -2.35. The number of nitrogen functional groups attached to an aromatic ring is 1. The summed E-state index contributed by atoms with van der Waals surface area (Å²) in [4.78, 5) is 13.7. The highest BCUT2D eigenvalue weighted by Gasteiger charge is 2.25. The first kappa shape index (κ1) is 20.0. The van der Waals surface area contributed by atoms with Crippen LogP contribution in [-0.2, 0) is 0 Å². The van der Waals surface area contributed by atoms with Crippen molar-refractivity contribution in [2.75, 3.05) is 55.4 Å². The van der Waals surface area contributed by atoms with Crippen molar-refractivity contribution in [1.29, 1.82) is 0 Å². The molecule has 0 aromatic carbocycles. The number of unbranched alkanes of at least 4 members (excludes halogenated alkanes) is 2. The van der Waals surface area contributed by atoms with E-state index in [2.05, 4.69) is 38.9 Å². The average Bonchev–Trinajstić information content (AvgIpc) is 3.09. The molecule has 3 heterocycles. The molecule has 0 radical (unpaired) electrons. The molecule has 7 heteroatoms. The number of piperidine rings is 1. The van der Waals surface area contributed by atoms with Crippen LogP contribution in [0.1, 0.15) is 58.8 Å².